The summed E-state index contributed by atoms with van der Waals surface area (Å²) in [6.45, 7) is 12.6. The van der Waals surface area contributed by atoms with E-state index < -0.39 is 0 Å². The molecule has 0 heterocycles. The fourth-order valence-corrected chi connectivity index (χ4v) is 2.10. The molecular formula is C13H28O2. The normalized spacial score (nSPS) is 20.0. The largest absolute Gasteiger partial charge is 0.393 e. The number of ether oxygens (including phenoxy) is 1. The van der Waals surface area contributed by atoms with Crippen LogP contribution in [0.4, 0.5) is 0 Å². The van der Waals surface area contributed by atoms with Gasteiger partial charge in [0.2, 0.25) is 0 Å². The van der Waals surface area contributed by atoms with Crippen LogP contribution in [0.2, 0.25) is 0 Å². The van der Waals surface area contributed by atoms with Gasteiger partial charge in [-0.1, -0.05) is 20.8 Å². The predicted octanol–water partition coefficient (Wildman–Crippen LogP) is 3.38. The van der Waals surface area contributed by atoms with Gasteiger partial charge in [0.25, 0.3) is 0 Å². The Labute approximate surface area is 95.0 Å². The van der Waals surface area contributed by atoms with Gasteiger partial charge < -0.3 is 9.84 Å². The molecule has 0 spiro atoms. The molecule has 0 bridgehead atoms. The molecule has 2 heteroatoms. The van der Waals surface area contributed by atoms with E-state index in [1.807, 2.05) is 6.92 Å². The monoisotopic (exact) mass is 216 g/mol. The Hall–Kier alpha value is -0.0800. The van der Waals surface area contributed by atoms with Crippen molar-refractivity contribution in [3.8, 4) is 0 Å². The minimum absolute atomic E-state index is 0.178. The minimum atomic E-state index is -0.291. The van der Waals surface area contributed by atoms with Gasteiger partial charge in [0.15, 0.2) is 0 Å². The van der Waals surface area contributed by atoms with Crippen molar-refractivity contribution >= 4 is 0 Å². The van der Waals surface area contributed by atoms with Crippen LogP contribution in [0.15, 0.2) is 0 Å². The smallest absolute Gasteiger partial charge is 0.0680 e. The van der Waals surface area contributed by atoms with Gasteiger partial charge >= 0.3 is 0 Å². The maximum absolute atomic E-state index is 9.43. The number of hydrogen-bond acceptors (Lipinski definition) is 2. The third kappa shape index (κ3) is 6.91. The zero-order valence-corrected chi connectivity index (χ0v) is 11.2. The summed E-state index contributed by atoms with van der Waals surface area (Å²) in [5, 5.41) is 9.43. The second-order valence-corrected chi connectivity index (χ2v) is 5.41. The Bertz CT molecular complexity index is 166. The van der Waals surface area contributed by atoms with Crippen molar-refractivity contribution in [3.63, 3.8) is 0 Å². The summed E-state index contributed by atoms with van der Waals surface area (Å²) in [4.78, 5) is 0. The first-order valence-corrected chi connectivity index (χ1v) is 6.15. The third-order valence-corrected chi connectivity index (χ3v) is 2.76. The Morgan fingerprint density at radius 1 is 1.20 bits per heavy atom. The van der Waals surface area contributed by atoms with E-state index in [1.165, 1.54) is 0 Å². The van der Waals surface area contributed by atoms with Crippen LogP contribution >= 0.6 is 0 Å². The highest BCUT2D eigenvalue weighted by atomic mass is 16.5. The summed E-state index contributed by atoms with van der Waals surface area (Å²) in [5.41, 5.74) is -0.178. The molecule has 0 aliphatic carbocycles. The molecule has 0 fully saturated rings. The molecule has 0 aliphatic rings. The molecule has 0 saturated carbocycles. The van der Waals surface area contributed by atoms with E-state index in [0.717, 1.165) is 12.8 Å². The first-order valence-electron chi connectivity index (χ1n) is 6.15. The van der Waals surface area contributed by atoms with Gasteiger partial charge in [-0.15, -0.1) is 0 Å². The van der Waals surface area contributed by atoms with Crippen LogP contribution in [0.5, 0.6) is 0 Å². The van der Waals surface area contributed by atoms with E-state index in [2.05, 4.69) is 34.6 Å². The van der Waals surface area contributed by atoms with Crippen LogP contribution in [-0.4, -0.2) is 22.9 Å². The molecule has 0 aromatic rings. The van der Waals surface area contributed by atoms with Crippen LogP contribution < -0.4 is 0 Å². The van der Waals surface area contributed by atoms with Gasteiger partial charge in [-0.2, -0.15) is 0 Å². The molecule has 0 rings (SSSR count). The molecule has 0 aromatic heterocycles. The maximum atomic E-state index is 9.43. The number of hydrogen-bond donors (Lipinski definition) is 1. The van der Waals surface area contributed by atoms with Gasteiger partial charge in [-0.3, -0.25) is 0 Å². The van der Waals surface area contributed by atoms with Crippen molar-refractivity contribution in [1.82, 2.24) is 0 Å². The molecule has 0 radical (unpaired) electrons. The van der Waals surface area contributed by atoms with Crippen molar-refractivity contribution in [3.05, 3.63) is 0 Å². The van der Waals surface area contributed by atoms with Gasteiger partial charge in [0.05, 0.1) is 17.8 Å². The summed E-state index contributed by atoms with van der Waals surface area (Å²) in [5.74, 6) is 0.660. The summed E-state index contributed by atoms with van der Waals surface area (Å²) < 4.78 is 6.05. The van der Waals surface area contributed by atoms with E-state index in [0.29, 0.717) is 12.3 Å². The molecule has 0 aromatic carbocycles. The van der Waals surface area contributed by atoms with Crippen molar-refractivity contribution < 1.29 is 9.84 Å². The summed E-state index contributed by atoms with van der Waals surface area (Å²) in [6, 6.07) is 0. The van der Waals surface area contributed by atoms with Crippen molar-refractivity contribution in [2.75, 3.05) is 0 Å². The molecule has 3 unspecified atom stereocenters. The topological polar surface area (TPSA) is 29.5 Å². The van der Waals surface area contributed by atoms with Gasteiger partial charge in [0.1, 0.15) is 0 Å². The summed E-state index contributed by atoms with van der Waals surface area (Å²) in [6.07, 6.45) is 2.72. The van der Waals surface area contributed by atoms with E-state index in [4.69, 9.17) is 4.74 Å². The van der Waals surface area contributed by atoms with Gasteiger partial charge in [-0.25, -0.2) is 0 Å². The van der Waals surface area contributed by atoms with Gasteiger partial charge in [0, 0.05) is 6.42 Å². The second kappa shape index (κ2) is 6.49. The fraction of sp³-hybridized carbons (Fsp3) is 1.00. The van der Waals surface area contributed by atoms with Crippen LogP contribution in [-0.2, 0) is 4.74 Å². The van der Waals surface area contributed by atoms with E-state index in [1.54, 1.807) is 0 Å². The minimum Gasteiger partial charge on any atom is -0.393 e. The lowest BCUT2D eigenvalue weighted by molar-refractivity contribution is -0.103. The standard InChI is InChI=1S/C13H28O2/c1-7-13(6,9-11(4)14)15-12(5)8-10(2)3/h10-12,14H,7-9H2,1-6H3. The van der Waals surface area contributed by atoms with E-state index >= 15 is 0 Å². The predicted molar refractivity (Wildman–Crippen MR) is 65.0 cm³/mol. The lowest BCUT2D eigenvalue weighted by atomic mass is 9.95. The quantitative estimate of drug-likeness (QED) is 0.707. The Morgan fingerprint density at radius 3 is 2.07 bits per heavy atom. The van der Waals surface area contributed by atoms with Gasteiger partial charge in [-0.05, 0) is 39.5 Å². The van der Waals surface area contributed by atoms with Crippen LogP contribution in [0.3, 0.4) is 0 Å². The zero-order valence-electron chi connectivity index (χ0n) is 11.2. The highest BCUT2D eigenvalue weighted by molar-refractivity contribution is 4.77. The fourth-order valence-electron chi connectivity index (χ4n) is 2.10. The average Bonchev–Trinajstić information content (AvgIpc) is 2.00. The molecule has 92 valence electrons. The Balaban J connectivity index is 4.17. The Kier molecular flexibility index (Phi) is 6.46. The molecule has 0 aliphatic heterocycles. The highest BCUT2D eigenvalue weighted by Crippen LogP contribution is 2.25. The maximum Gasteiger partial charge on any atom is 0.0680 e. The molecular weight excluding hydrogens is 188 g/mol. The van der Waals surface area contributed by atoms with Crippen LogP contribution in [0.1, 0.15) is 60.8 Å². The lowest BCUT2D eigenvalue weighted by Gasteiger charge is -2.33. The van der Waals surface area contributed by atoms with Crippen molar-refractivity contribution in [2.24, 2.45) is 5.92 Å². The summed E-state index contributed by atoms with van der Waals surface area (Å²) in [7, 11) is 0. The van der Waals surface area contributed by atoms with Crippen LogP contribution in [0, 0.1) is 5.92 Å². The van der Waals surface area contributed by atoms with E-state index in [-0.39, 0.29) is 17.8 Å². The molecule has 15 heavy (non-hydrogen) atoms. The number of aliphatic hydroxyl groups is 1. The first-order chi connectivity index (χ1) is 6.79. The molecule has 1 N–H and O–H groups in total. The molecule has 0 amide bonds. The van der Waals surface area contributed by atoms with E-state index in [9.17, 15) is 5.11 Å². The molecule has 2 nitrogen and oxygen atoms in total. The second-order valence-electron chi connectivity index (χ2n) is 5.41. The van der Waals surface area contributed by atoms with Crippen molar-refractivity contribution in [1.29, 1.82) is 0 Å². The molecule has 0 saturated heterocycles. The van der Waals surface area contributed by atoms with Crippen molar-refractivity contribution in [2.45, 2.75) is 78.6 Å². The average molecular weight is 216 g/mol. The molecule has 3 atom stereocenters. The zero-order chi connectivity index (χ0) is 12.1. The third-order valence-electron chi connectivity index (χ3n) is 2.76. The SMILES string of the molecule is CCC(C)(CC(C)O)OC(C)CC(C)C. The number of aliphatic hydroxyl groups excluding tert-OH is 1. The van der Waals surface area contributed by atoms with Crippen LogP contribution in [0.25, 0.3) is 0 Å². The highest BCUT2D eigenvalue weighted by Gasteiger charge is 2.27. The summed E-state index contributed by atoms with van der Waals surface area (Å²) >= 11 is 0. The Morgan fingerprint density at radius 2 is 1.73 bits per heavy atom. The number of rotatable bonds is 7. The first kappa shape index (κ1) is 14.9. The lowest BCUT2D eigenvalue weighted by Crippen LogP contribution is -2.35.